The lowest BCUT2D eigenvalue weighted by Crippen LogP contribution is -2.42. The maximum absolute atomic E-state index is 9.23. The molecule has 1 rings (SSSR count). The van der Waals surface area contributed by atoms with E-state index in [4.69, 9.17) is 4.74 Å². The first-order chi connectivity index (χ1) is 9.72. The standard InChI is InChI=1S/C18H28N2O/c1-7-20-18(6,13-19)10-11-21-16-9-8-15(12-14(16)2)17(3,4)5/h8-9,12,20H,7,10-11H2,1-6H3. The predicted octanol–water partition coefficient (Wildman–Crippen LogP) is 3.95. The molecule has 0 aliphatic rings. The van der Waals surface area contributed by atoms with Crippen molar-refractivity contribution in [2.75, 3.05) is 13.2 Å². The van der Waals surface area contributed by atoms with Crippen LogP contribution in [-0.2, 0) is 5.41 Å². The van der Waals surface area contributed by atoms with Gasteiger partial charge in [-0.15, -0.1) is 0 Å². The molecule has 0 aliphatic carbocycles. The van der Waals surface area contributed by atoms with Gasteiger partial charge in [-0.05, 0) is 43.0 Å². The summed E-state index contributed by atoms with van der Waals surface area (Å²) in [6, 6.07) is 8.66. The monoisotopic (exact) mass is 288 g/mol. The Morgan fingerprint density at radius 3 is 2.38 bits per heavy atom. The molecule has 0 spiro atoms. The van der Waals surface area contributed by atoms with Crippen LogP contribution in [0.25, 0.3) is 0 Å². The van der Waals surface area contributed by atoms with E-state index in [9.17, 15) is 5.26 Å². The Morgan fingerprint density at radius 2 is 1.90 bits per heavy atom. The Bertz CT molecular complexity index is 511. The van der Waals surface area contributed by atoms with Crippen molar-refractivity contribution in [2.45, 2.75) is 58.9 Å². The molecule has 1 N–H and O–H groups in total. The Kier molecular flexibility index (Phi) is 5.80. The molecular formula is C18H28N2O. The van der Waals surface area contributed by atoms with E-state index in [0.29, 0.717) is 13.0 Å². The van der Waals surface area contributed by atoms with Crippen LogP contribution in [-0.4, -0.2) is 18.7 Å². The second-order valence-corrected chi connectivity index (χ2v) is 6.80. The van der Waals surface area contributed by atoms with Crippen molar-refractivity contribution in [2.24, 2.45) is 0 Å². The van der Waals surface area contributed by atoms with Crippen LogP contribution < -0.4 is 10.1 Å². The third kappa shape index (κ3) is 5.06. The van der Waals surface area contributed by atoms with Gasteiger partial charge in [0.05, 0.1) is 12.7 Å². The van der Waals surface area contributed by atoms with Gasteiger partial charge in [0.15, 0.2) is 0 Å². The first-order valence-electron chi connectivity index (χ1n) is 7.62. The number of benzene rings is 1. The molecule has 0 saturated heterocycles. The van der Waals surface area contributed by atoms with Crippen molar-refractivity contribution in [1.82, 2.24) is 5.32 Å². The van der Waals surface area contributed by atoms with Crippen LogP contribution in [0.2, 0.25) is 0 Å². The normalized spacial score (nSPS) is 14.3. The predicted molar refractivity (Wildman–Crippen MR) is 87.7 cm³/mol. The minimum atomic E-state index is -0.520. The number of nitriles is 1. The second kappa shape index (κ2) is 6.95. The number of hydrogen-bond acceptors (Lipinski definition) is 3. The van der Waals surface area contributed by atoms with E-state index in [2.05, 4.69) is 51.2 Å². The van der Waals surface area contributed by atoms with E-state index in [1.807, 2.05) is 19.9 Å². The lowest BCUT2D eigenvalue weighted by molar-refractivity contribution is 0.267. The van der Waals surface area contributed by atoms with Gasteiger partial charge in [-0.25, -0.2) is 0 Å². The summed E-state index contributed by atoms with van der Waals surface area (Å²) in [4.78, 5) is 0. The minimum absolute atomic E-state index is 0.147. The smallest absolute Gasteiger partial charge is 0.122 e. The van der Waals surface area contributed by atoms with Crippen molar-refractivity contribution in [3.63, 3.8) is 0 Å². The van der Waals surface area contributed by atoms with E-state index >= 15 is 0 Å². The van der Waals surface area contributed by atoms with Gasteiger partial charge >= 0.3 is 0 Å². The van der Waals surface area contributed by atoms with Crippen molar-refractivity contribution in [3.8, 4) is 11.8 Å². The molecular weight excluding hydrogens is 260 g/mol. The van der Waals surface area contributed by atoms with Crippen molar-refractivity contribution >= 4 is 0 Å². The quantitative estimate of drug-likeness (QED) is 0.862. The second-order valence-electron chi connectivity index (χ2n) is 6.80. The zero-order valence-electron chi connectivity index (χ0n) is 14.2. The average molecular weight is 288 g/mol. The highest BCUT2D eigenvalue weighted by Gasteiger charge is 2.22. The summed E-state index contributed by atoms with van der Waals surface area (Å²) in [5.74, 6) is 0.903. The fourth-order valence-corrected chi connectivity index (χ4v) is 2.22. The number of ether oxygens (including phenoxy) is 1. The molecule has 0 fully saturated rings. The lowest BCUT2D eigenvalue weighted by atomic mass is 9.86. The molecule has 0 saturated carbocycles. The molecule has 1 aromatic rings. The Hall–Kier alpha value is -1.53. The third-order valence-electron chi connectivity index (χ3n) is 3.71. The largest absolute Gasteiger partial charge is 0.493 e. The van der Waals surface area contributed by atoms with Crippen LogP contribution in [0.3, 0.4) is 0 Å². The van der Waals surface area contributed by atoms with Gasteiger partial charge in [0, 0.05) is 6.42 Å². The maximum Gasteiger partial charge on any atom is 0.122 e. The number of aryl methyl sites for hydroxylation is 1. The molecule has 3 nitrogen and oxygen atoms in total. The van der Waals surface area contributed by atoms with Crippen LogP contribution in [0.5, 0.6) is 5.75 Å². The molecule has 1 atom stereocenters. The van der Waals surface area contributed by atoms with Crippen molar-refractivity contribution in [3.05, 3.63) is 29.3 Å². The summed E-state index contributed by atoms with van der Waals surface area (Å²) in [6.45, 7) is 13.9. The van der Waals surface area contributed by atoms with Gasteiger partial charge in [0.1, 0.15) is 11.3 Å². The summed E-state index contributed by atoms with van der Waals surface area (Å²) < 4.78 is 5.86. The van der Waals surface area contributed by atoms with Gasteiger partial charge in [0.2, 0.25) is 0 Å². The molecule has 0 aliphatic heterocycles. The van der Waals surface area contributed by atoms with Gasteiger partial charge in [-0.1, -0.05) is 39.8 Å². The van der Waals surface area contributed by atoms with Crippen LogP contribution in [0.4, 0.5) is 0 Å². The minimum Gasteiger partial charge on any atom is -0.493 e. The van der Waals surface area contributed by atoms with Crippen LogP contribution in [0, 0.1) is 18.3 Å². The molecule has 116 valence electrons. The van der Waals surface area contributed by atoms with Crippen molar-refractivity contribution < 1.29 is 4.74 Å². The topological polar surface area (TPSA) is 45.0 Å². The lowest BCUT2D eigenvalue weighted by Gasteiger charge is -2.23. The van der Waals surface area contributed by atoms with E-state index in [1.165, 1.54) is 5.56 Å². The van der Waals surface area contributed by atoms with Gasteiger partial charge in [0.25, 0.3) is 0 Å². The Labute approximate surface area is 129 Å². The fourth-order valence-electron chi connectivity index (χ4n) is 2.22. The highest BCUT2D eigenvalue weighted by Crippen LogP contribution is 2.27. The Morgan fingerprint density at radius 1 is 1.24 bits per heavy atom. The average Bonchev–Trinajstić information content (AvgIpc) is 2.40. The van der Waals surface area contributed by atoms with Crippen LogP contribution in [0.15, 0.2) is 18.2 Å². The molecule has 0 amide bonds. The zero-order valence-corrected chi connectivity index (χ0v) is 14.2. The summed E-state index contributed by atoms with van der Waals surface area (Å²) in [5.41, 5.74) is 2.08. The highest BCUT2D eigenvalue weighted by atomic mass is 16.5. The number of nitrogens with one attached hydrogen (secondary N) is 1. The maximum atomic E-state index is 9.23. The van der Waals surface area contributed by atoms with Gasteiger partial charge in [-0.2, -0.15) is 5.26 Å². The number of rotatable bonds is 6. The summed E-state index contributed by atoms with van der Waals surface area (Å²) in [7, 11) is 0. The van der Waals surface area contributed by atoms with Crippen LogP contribution >= 0.6 is 0 Å². The third-order valence-corrected chi connectivity index (χ3v) is 3.71. The summed E-state index contributed by atoms with van der Waals surface area (Å²) >= 11 is 0. The van der Waals surface area contributed by atoms with Crippen LogP contribution in [0.1, 0.15) is 52.2 Å². The highest BCUT2D eigenvalue weighted by molar-refractivity contribution is 5.38. The zero-order chi connectivity index (χ0) is 16.1. The van der Waals surface area contributed by atoms with Crippen molar-refractivity contribution in [1.29, 1.82) is 5.26 Å². The first-order valence-corrected chi connectivity index (χ1v) is 7.62. The number of nitrogens with zero attached hydrogens (tertiary/aromatic N) is 1. The molecule has 1 unspecified atom stereocenters. The van der Waals surface area contributed by atoms with E-state index < -0.39 is 5.54 Å². The van der Waals surface area contributed by atoms with Gasteiger partial charge < -0.3 is 4.74 Å². The van der Waals surface area contributed by atoms with E-state index in [-0.39, 0.29) is 5.41 Å². The van der Waals surface area contributed by atoms with E-state index in [0.717, 1.165) is 17.9 Å². The molecule has 21 heavy (non-hydrogen) atoms. The van der Waals surface area contributed by atoms with Gasteiger partial charge in [-0.3, -0.25) is 5.32 Å². The molecule has 0 radical (unpaired) electrons. The first kappa shape index (κ1) is 17.5. The fraction of sp³-hybridized carbons (Fsp3) is 0.611. The molecule has 0 aromatic heterocycles. The van der Waals surface area contributed by atoms with E-state index in [1.54, 1.807) is 0 Å². The number of hydrogen-bond donors (Lipinski definition) is 1. The molecule has 1 aromatic carbocycles. The molecule has 3 heteroatoms. The SMILES string of the molecule is CCNC(C)(C#N)CCOc1ccc(C(C)(C)C)cc1C. The summed E-state index contributed by atoms with van der Waals surface area (Å²) in [6.07, 6.45) is 0.664. The Balaban J connectivity index is 2.67. The molecule has 0 bridgehead atoms. The molecule has 0 heterocycles. The summed E-state index contributed by atoms with van der Waals surface area (Å²) in [5, 5.41) is 12.4.